The number of nitrogens with one attached hydrogen (secondary N) is 1. The van der Waals surface area contributed by atoms with Gasteiger partial charge in [0.2, 0.25) is 5.91 Å². The Balaban J connectivity index is 1.69. The Morgan fingerprint density at radius 3 is 2.64 bits per heavy atom. The molecule has 22 heavy (non-hydrogen) atoms. The number of hydrogen-bond donors (Lipinski definition) is 1. The van der Waals surface area contributed by atoms with E-state index in [1.807, 2.05) is 30.3 Å². The number of carbonyl (C=O) groups is 1. The molecule has 1 aromatic heterocycles. The normalized spacial score (nSPS) is 17.5. The van der Waals surface area contributed by atoms with E-state index in [4.69, 9.17) is 0 Å². The highest BCUT2D eigenvalue weighted by molar-refractivity contribution is 6.00. The summed E-state index contributed by atoms with van der Waals surface area (Å²) in [6.07, 6.45) is 1.84. The van der Waals surface area contributed by atoms with Gasteiger partial charge in [0, 0.05) is 18.3 Å². The summed E-state index contributed by atoms with van der Waals surface area (Å²) in [6, 6.07) is 12.0. The molecular weight excluding hydrogens is 284 g/mol. The quantitative estimate of drug-likeness (QED) is 0.690. The van der Waals surface area contributed by atoms with Gasteiger partial charge in [0.05, 0.1) is 4.92 Å². The predicted octanol–water partition coefficient (Wildman–Crippen LogP) is 2.21. The van der Waals surface area contributed by atoms with Gasteiger partial charge in [-0.15, -0.1) is 0 Å². The van der Waals surface area contributed by atoms with Crippen LogP contribution in [-0.2, 0) is 4.79 Å². The Morgan fingerprint density at radius 1 is 1.23 bits per heavy atom. The molecule has 2 heterocycles. The highest BCUT2D eigenvalue weighted by Gasteiger charge is 2.32. The van der Waals surface area contributed by atoms with Gasteiger partial charge >= 0.3 is 0 Å². The number of rotatable bonds is 4. The van der Waals surface area contributed by atoms with Crippen molar-refractivity contribution in [3.05, 3.63) is 58.8 Å². The van der Waals surface area contributed by atoms with Crippen LogP contribution in [0.2, 0.25) is 0 Å². The Labute approximate surface area is 126 Å². The van der Waals surface area contributed by atoms with Gasteiger partial charge in [-0.3, -0.25) is 14.9 Å². The molecule has 0 aliphatic carbocycles. The summed E-state index contributed by atoms with van der Waals surface area (Å²) in [6.45, 7) is 0.632. The van der Waals surface area contributed by atoms with Crippen molar-refractivity contribution < 1.29 is 9.72 Å². The van der Waals surface area contributed by atoms with E-state index in [9.17, 15) is 14.9 Å². The van der Waals surface area contributed by atoms with Crippen molar-refractivity contribution in [2.24, 2.45) is 0 Å². The summed E-state index contributed by atoms with van der Waals surface area (Å²) in [7, 11) is 0. The maximum Gasteiger partial charge on any atom is 0.287 e. The molecule has 0 radical (unpaired) electrons. The van der Waals surface area contributed by atoms with Crippen LogP contribution in [0.1, 0.15) is 6.42 Å². The van der Waals surface area contributed by atoms with Crippen LogP contribution in [0.3, 0.4) is 0 Å². The second kappa shape index (κ2) is 5.80. The molecule has 0 saturated carbocycles. The highest BCUT2D eigenvalue weighted by Crippen LogP contribution is 2.23. The van der Waals surface area contributed by atoms with Gasteiger partial charge in [0.15, 0.2) is 0 Å². The molecule has 1 aromatic carbocycles. The maximum atomic E-state index is 12.4. The average Bonchev–Trinajstić information content (AvgIpc) is 2.90. The Kier molecular flexibility index (Phi) is 3.69. The molecule has 1 amide bonds. The highest BCUT2D eigenvalue weighted by atomic mass is 16.6. The van der Waals surface area contributed by atoms with E-state index >= 15 is 0 Å². The number of pyridine rings is 1. The minimum absolute atomic E-state index is 0.0219. The molecule has 1 aliphatic heterocycles. The lowest BCUT2D eigenvalue weighted by Crippen LogP contribution is -2.33. The minimum Gasteiger partial charge on any atom is -0.358 e. The molecule has 1 aliphatic rings. The average molecular weight is 298 g/mol. The third kappa shape index (κ3) is 2.73. The van der Waals surface area contributed by atoms with E-state index in [1.165, 1.54) is 18.3 Å². The van der Waals surface area contributed by atoms with E-state index in [2.05, 4.69) is 10.3 Å². The predicted molar refractivity (Wildman–Crippen MR) is 81.7 cm³/mol. The van der Waals surface area contributed by atoms with Gasteiger partial charge in [0.1, 0.15) is 18.1 Å². The van der Waals surface area contributed by atoms with Crippen LogP contribution in [0, 0.1) is 10.1 Å². The van der Waals surface area contributed by atoms with Gasteiger partial charge in [-0.25, -0.2) is 4.98 Å². The van der Waals surface area contributed by atoms with E-state index in [0.29, 0.717) is 18.8 Å². The number of benzene rings is 1. The van der Waals surface area contributed by atoms with Gasteiger partial charge < -0.3 is 10.2 Å². The summed E-state index contributed by atoms with van der Waals surface area (Å²) in [5, 5.41) is 13.6. The topological polar surface area (TPSA) is 88.4 Å². The molecule has 2 aromatic rings. The molecule has 7 heteroatoms. The van der Waals surface area contributed by atoms with Crippen LogP contribution >= 0.6 is 0 Å². The number of carbonyl (C=O) groups excluding carboxylic acids is 1. The molecule has 1 fully saturated rings. The van der Waals surface area contributed by atoms with E-state index in [0.717, 1.165) is 5.69 Å². The fourth-order valence-corrected chi connectivity index (χ4v) is 2.44. The molecular formula is C15H14N4O3. The number of hydrogen-bond acceptors (Lipinski definition) is 5. The second-order valence-electron chi connectivity index (χ2n) is 4.97. The first-order valence-corrected chi connectivity index (χ1v) is 6.88. The van der Waals surface area contributed by atoms with Crippen molar-refractivity contribution in [3.63, 3.8) is 0 Å². The fraction of sp³-hybridized carbons (Fsp3) is 0.200. The first kappa shape index (κ1) is 14.0. The number of nitro groups is 1. The minimum atomic E-state index is -0.505. The zero-order valence-electron chi connectivity index (χ0n) is 11.7. The molecule has 1 unspecified atom stereocenters. The lowest BCUT2D eigenvalue weighted by molar-refractivity contribution is -0.385. The first-order chi connectivity index (χ1) is 10.6. The Hall–Kier alpha value is -2.96. The molecule has 0 bridgehead atoms. The van der Waals surface area contributed by atoms with E-state index < -0.39 is 4.92 Å². The number of amides is 1. The van der Waals surface area contributed by atoms with Crippen LogP contribution in [-0.4, -0.2) is 28.4 Å². The van der Waals surface area contributed by atoms with Gasteiger partial charge in [0.25, 0.3) is 5.69 Å². The summed E-state index contributed by atoms with van der Waals surface area (Å²) in [4.78, 5) is 28.2. The van der Waals surface area contributed by atoms with Crippen molar-refractivity contribution in [1.29, 1.82) is 0 Å². The molecule has 1 N–H and O–H groups in total. The molecule has 112 valence electrons. The first-order valence-electron chi connectivity index (χ1n) is 6.88. The number of nitrogens with zero attached hydrogens (tertiary/aromatic N) is 3. The maximum absolute atomic E-state index is 12.4. The SMILES string of the molecule is O=C1C(Nc2ccc([N+](=O)[O-])cn2)CCN1c1ccccc1. The standard InChI is InChI=1S/C15H14N4O3/c20-15-13(8-9-18(15)11-4-2-1-3-5-11)17-14-7-6-12(10-16-14)19(21)22/h1-7,10,13H,8-9H2,(H,16,17). The second-order valence-corrected chi connectivity index (χ2v) is 4.97. The zero-order valence-corrected chi connectivity index (χ0v) is 11.7. The smallest absolute Gasteiger partial charge is 0.287 e. The van der Waals surface area contributed by atoms with Crippen molar-refractivity contribution in [2.45, 2.75) is 12.5 Å². The molecule has 1 saturated heterocycles. The van der Waals surface area contributed by atoms with Crippen LogP contribution < -0.4 is 10.2 Å². The largest absolute Gasteiger partial charge is 0.358 e. The van der Waals surface area contributed by atoms with Crippen molar-refractivity contribution in [2.75, 3.05) is 16.8 Å². The summed E-state index contributed by atoms with van der Waals surface area (Å²) in [5.41, 5.74) is 0.794. The summed E-state index contributed by atoms with van der Waals surface area (Å²) in [5.74, 6) is 0.435. The molecule has 1 atom stereocenters. The number of anilines is 2. The van der Waals surface area contributed by atoms with Gasteiger partial charge in [-0.05, 0) is 24.6 Å². The monoisotopic (exact) mass is 298 g/mol. The number of para-hydroxylation sites is 1. The fourth-order valence-electron chi connectivity index (χ4n) is 2.44. The molecule has 0 spiro atoms. The van der Waals surface area contributed by atoms with Gasteiger partial charge in [-0.2, -0.15) is 0 Å². The van der Waals surface area contributed by atoms with Crippen LogP contribution in [0.25, 0.3) is 0 Å². The third-order valence-corrected chi connectivity index (χ3v) is 3.55. The van der Waals surface area contributed by atoms with Gasteiger partial charge in [-0.1, -0.05) is 18.2 Å². The van der Waals surface area contributed by atoms with Crippen molar-refractivity contribution in [3.8, 4) is 0 Å². The summed E-state index contributed by atoms with van der Waals surface area (Å²) >= 11 is 0. The Morgan fingerprint density at radius 2 is 2.00 bits per heavy atom. The Bertz CT molecular complexity index is 688. The summed E-state index contributed by atoms with van der Waals surface area (Å²) < 4.78 is 0. The molecule has 7 nitrogen and oxygen atoms in total. The zero-order chi connectivity index (χ0) is 15.5. The molecule has 3 rings (SSSR count). The van der Waals surface area contributed by atoms with E-state index in [-0.39, 0.29) is 17.6 Å². The number of aromatic nitrogens is 1. The van der Waals surface area contributed by atoms with Crippen LogP contribution in [0.4, 0.5) is 17.2 Å². The lowest BCUT2D eigenvalue weighted by atomic mass is 10.2. The van der Waals surface area contributed by atoms with Crippen LogP contribution in [0.15, 0.2) is 48.7 Å². The lowest BCUT2D eigenvalue weighted by Gasteiger charge is -2.17. The van der Waals surface area contributed by atoms with E-state index in [1.54, 1.807) is 4.90 Å². The van der Waals surface area contributed by atoms with Crippen molar-refractivity contribution in [1.82, 2.24) is 4.98 Å². The van der Waals surface area contributed by atoms with Crippen molar-refractivity contribution >= 4 is 23.1 Å². The van der Waals surface area contributed by atoms with Crippen LogP contribution in [0.5, 0.6) is 0 Å². The third-order valence-electron chi connectivity index (χ3n) is 3.55.